The fourth-order valence-electron chi connectivity index (χ4n) is 2.27. The summed E-state index contributed by atoms with van der Waals surface area (Å²) in [5, 5.41) is 3.79. The molecule has 0 saturated heterocycles. The van der Waals surface area contributed by atoms with Crippen LogP contribution in [0.3, 0.4) is 0 Å². The fourth-order valence-corrected chi connectivity index (χ4v) is 2.27. The lowest BCUT2D eigenvalue weighted by atomic mass is 9.88. The second-order valence-corrected chi connectivity index (χ2v) is 6.57. The van der Waals surface area contributed by atoms with Gasteiger partial charge in [-0.3, -0.25) is 4.68 Å². The van der Waals surface area contributed by atoms with Crippen molar-refractivity contribution in [1.82, 2.24) is 9.78 Å². The number of hydrogen-bond acceptors (Lipinski definition) is 1. The van der Waals surface area contributed by atoms with Gasteiger partial charge in [0, 0.05) is 11.8 Å². The standard InChI is InChI=1S/C16H18F4N2/c1-15(2,3)9-11-4-5-12(13(17)8-11)14-6-7-22(21-14)10-16(18,19)20/h4-8H,9-10H2,1-3H3. The van der Waals surface area contributed by atoms with Crippen LogP contribution < -0.4 is 0 Å². The van der Waals surface area contributed by atoms with Crippen molar-refractivity contribution in [2.75, 3.05) is 0 Å². The van der Waals surface area contributed by atoms with E-state index in [1.165, 1.54) is 18.3 Å². The summed E-state index contributed by atoms with van der Waals surface area (Å²) in [7, 11) is 0. The van der Waals surface area contributed by atoms with Gasteiger partial charge in [0.25, 0.3) is 0 Å². The van der Waals surface area contributed by atoms with E-state index in [0.29, 0.717) is 6.42 Å². The lowest BCUT2D eigenvalue weighted by Gasteiger charge is -2.18. The molecular formula is C16H18F4N2. The molecular weight excluding hydrogens is 296 g/mol. The summed E-state index contributed by atoms with van der Waals surface area (Å²) in [6, 6.07) is 6.15. The number of alkyl halides is 3. The lowest BCUT2D eigenvalue weighted by molar-refractivity contribution is -0.142. The van der Waals surface area contributed by atoms with Crippen molar-refractivity contribution in [1.29, 1.82) is 0 Å². The molecule has 0 spiro atoms. The molecule has 1 aromatic heterocycles. The predicted octanol–water partition coefficient (Wildman–Crippen LogP) is 4.84. The summed E-state index contributed by atoms with van der Waals surface area (Å²) >= 11 is 0. The Kier molecular flexibility index (Phi) is 4.31. The normalized spacial score (nSPS) is 12.7. The Morgan fingerprint density at radius 3 is 2.32 bits per heavy atom. The molecule has 0 saturated carbocycles. The van der Waals surface area contributed by atoms with Crippen LogP contribution in [0.1, 0.15) is 26.3 Å². The zero-order valence-corrected chi connectivity index (χ0v) is 12.7. The van der Waals surface area contributed by atoms with Gasteiger partial charge >= 0.3 is 6.18 Å². The van der Waals surface area contributed by atoms with Crippen molar-refractivity contribution in [3.8, 4) is 11.3 Å². The Balaban J connectivity index is 2.23. The van der Waals surface area contributed by atoms with Crippen molar-refractivity contribution >= 4 is 0 Å². The molecule has 0 aliphatic heterocycles. The molecule has 0 unspecified atom stereocenters. The average Bonchev–Trinajstić information content (AvgIpc) is 2.72. The Hall–Kier alpha value is -1.85. The van der Waals surface area contributed by atoms with Gasteiger partial charge in [0.2, 0.25) is 0 Å². The van der Waals surface area contributed by atoms with E-state index in [1.807, 2.05) is 0 Å². The highest BCUT2D eigenvalue weighted by atomic mass is 19.4. The van der Waals surface area contributed by atoms with E-state index >= 15 is 0 Å². The van der Waals surface area contributed by atoms with Crippen LogP contribution in [-0.4, -0.2) is 16.0 Å². The van der Waals surface area contributed by atoms with Gasteiger partial charge in [-0.1, -0.05) is 26.8 Å². The SMILES string of the molecule is CC(C)(C)Cc1ccc(-c2ccn(CC(F)(F)F)n2)c(F)c1. The summed E-state index contributed by atoms with van der Waals surface area (Å²) in [6.45, 7) is 4.98. The lowest BCUT2D eigenvalue weighted by Crippen LogP contribution is -2.17. The Morgan fingerprint density at radius 1 is 1.09 bits per heavy atom. The molecule has 0 bridgehead atoms. The quantitative estimate of drug-likeness (QED) is 0.741. The van der Waals surface area contributed by atoms with Gasteiger partial charge in [-0.15, -0.1) is 0 Å². The molecule has 22 heavy (non-hydrogen) atoms. The molecule has 0 aliphatic carbocycles. The van der Waals surface area contributed by atoms with Gasteiger partial charge in [0.1, 0.15) is 12.4 Å². The first-order valence-corrected chi connectivity index (χ1v) is 6.92. The predicted molar refractivity (Wildman–Crippen MR) is 76.8 cm³/mol. The van der Waals surface area contributed by atoms with Crippen molar-refractivity contribution in [3.05, 3.63) is 41.8 Å². The highest BCUT2D eigenvalue weighted by Gasteiger charge is 2.28. The Labute approximate surface area is 126 Å². The number of halogens is 4. The number of benzene rings is 1. The highest BCUT2D eigenvalue weighted by Crippen LogP contribution is 2.26. The first kappa shape index (κ1) is 16.5. The number of hydrogen-bond donors (Lipinski definition) is 0. The third kappa shape index (κ3) is 4.58. The minimum atomic E-state index is -4.35. The topological polar surface area (TPSA) is 17.8 Å². The summed E-state index contributed by atoms with van der Waals surface area (Å²) < 4.78 is 51.9. The van der Waals surface area contributed by atoms with Crippen LogP contribution in [0.5, 0.6) is 0 Å². The van der Waals surface area contributed by atoms with E-state index in [1.54, 1.807) is 12.1 Å². The van der Waals surface area contributed by atoms with Gasteiger partial charge < -0.3 is 0 Å². The second-order valence-electron chi connectivity index (χ2n) is 6.57. The van der Waals surface area contributed by atoms with Gasteiger partial charge in [-0.2, -0.15) is 18.3 Å². The monoisotopic (exact) mass is 314 g/mol. The molecule has 0 fully saturated rings. The molecule has 2 nitrogen and oxygen atoms in total. The molecule has 0 N–H and O–H groups in total. The molecule has 0 radical (unpaired) electrons. The van der Waals surface area contributed by atoms with Gasteiger partial charge in [0.15, 0.2) is 0 Å². The molecule has 120 valence electrons. The van der Waals surface area contributed by atoms with Crippen LogP contribution in [0.25, 0.3) is 11.3 Å². The molecule has 1 aromatic carbocycles. The first-order chi connectivity index (χ1) is 10.0. The maximum absolute atomic E-state index is 14.2. The summed E-state index contributed by atoms with van der Waals surface area (Å²) in [4.78, 5) is 0. The van der Waals surface area contributed by atoms with Crippen LogP contribution in [0.4, 0.5) is 17.6 Å². The van der Waals surface area contributed by atoms with Crippen LogP contribution in [-0.2, 0) is 13.0 Å². The third-order valence-electron chi connectivity index (χ3n) is 3.03. The Bertz CT molecular complexity index is 651. The van der Waals surface area contributed by atoms with E-state index in [9.17, 15) is 17.6 Å². The highest BCUT2D eigenvalue weighted by molar-refractivity contribution is 5.59. The van der Waals surface area contributed by atoms with Crippen molar-refractivity contribution < 1.29 is 17.6 Å². The minimum absolute atomic E-state index is 0.0300. The molecule has 6 heteroatoms. The number of nitrogens with zero attached hydrogens (tertiary/aromatic N) is 2. The van der Waals surface area contributed by atoms with Crippen molar-refractivity contribution in [2.24, 2.45) is 5.41 Å². The smallest absolute Gasteiger partial charge is 0.263 e. The van der Waals surface area contributed by atoms with E-state index in [-0.39, 0.29) is 16.7 Å². The second kappa shape index (κ2) is 5.74. The van der Waals surface area contributed by atoms with E-state index in [4.69, 9.17) is 0 Å². The maximum Gasteiger partial charge on any atom is 0.408 e. The zero-order chi connectivity index (χ0) is 16.5. The van der Waals surface area contributed by atoms with E-state index in [2.05, 4.69) is 25.9 Å². The van der Waals surface area contributed by atoms with Gasteiger partial charge in [-0.25, -0.2) is 4.39 Å². The molecule has 0 aliphatic rings. The molecule has 0 amide bonds. The number of aromatic nitrogens is 2. The molecule has 2 rings (SSSR count). The summed E-state index contributed by atoms with van der Waals surface area (Å²) in [5.41, 5.74) is 1.29. The summed E-state index contributed by atoms with van der Waals surface area (Å²) in [5.74, 6) is -0.473. The third-order valence-corrected chi connectivity index (χ3v) is 3.03. The zero-order valence-electron chi connectivity index (χ0n) is 12.7. The molecule has 2 aromatic rings. The largest absolute Gasteiger partial charge is 0.408 e. The van der Waals surface area contributed by atoms with E-state index in [0.717, 1.165) is 10.2 Å². The van der Waals surface area contributed by atoms with Crippen LogP contribution >= 0.6 is 0 Å². The first-order valence-electron chi connectivity index (χ1n) is 6.92. The molecule has 0 atom stereocenters. The fraction of sp³-hybridized carbons (Fsp3) is 0.438. The van der Waals surface area contributed by atoms with Crippen LogP contribution in [0, 0.1) is 11.2 Å². The Morgan fingerprint density at radius 2 is 1.77 bits per heavy atom. The maximum atomic E-state index is 14.2. The van der Waals surface area contributed by atoms with Crippen molar-refractivity contribution in [2.45, 2.75) is 39.9 Å². The van der Waals surface area contributed by atoms with Gasteiger partial charge in [0.05, 0.1) is 5.69 Å². The minimum Gasteiger partial charge on any atom is -0.263 e. The average molecular weight is 314 g/mol. The van der Waals surface area contributed by atoms with E-state index < -0.39 is 18.5 Å². The summed E-state index contributed by atoms with van der Waals surface area (Å²) in [6.07, 6.45) is -2.43. The van der Waals surface area contributed by atoms with Crippen LogP contribution in [0.2, 0.25) is 0 Å². The van der Waals surface area contributed by atoms with Crippen LogP contribution in [0.15, 0.2) is 30.5 Å². The van der Waals surface area contributed by atoms with Gasteiger partial charge in [-0.05, 0) is 35.6 Å². The van der Waals surface area contributed by atoms with Crippen molar-refractivity contribution in [3.63, 3.8) is 0 Å². The number of rotatable bonds is 3. The molecule has 1 heterocycles.